The predicted molar refractivity (Wildman–Crippen MR) is 118 cm³/mol. The van der Waals surface area contributed by atoms with Crippen LogP contribution in [-0.4, -0.2) is 42.6 Å². The number of likely N-dealkylation sites (N-methyl/N-ethyl adjacent to an activating group) is 1. The van der Waals surface area contributed by atoms with Crippen molar-refractivity contribution in [1.82, 2.24) is 9.47 Å². The second-order valence-corrected chi connectivity index (χ2v) is 7.53. The Labute approximate surface area is 176 Å². The van der Waals surface area contributed by atoms with Crippen LogP contribution in [0.1, 0.15) is 18.0 Å². The average molecular weight is 412 g/mol. The van der Waals surface area contributed by atoms with Gasteiger partial charge in [-0.2, -0.15) is 0 Å². The van der Waals surface area contributed by atoms with Crippen LogP contribution in [-0.2, 0) is 4.79 Å². The second kappa shape index (κ2) is 10.1. The molecule has 2 aromatic carbocycles. The Bertz CT molecular complexity index is 908. The van der Waals surface area contributed by atoms with Gasteiger partial charge in [-0.15, -0.1) is 0 Å². The molecule has 1 atom stereocenters. The molecule has 3 rings (SSSR count). The number of aromatic nitrogens is 1. The molecule has 1 heterocycles. The van der Waals surface area contributed by atoms with Crippen molar-refractivity contribution in [3.8, 4) is 5.75 Å². The SMILES string of the molecule is CN(C)CCOc1ccccc1NC(=O)CC(c1ccc(Cl)cc1)n1cccc1. The Hall–Kier alpha value is -2.76. The van der Waals surface area contributed by atoms with Crippen LogP contribution in [0.4, 0.5) is 5.69 Å². The number of halogens is 1. The molecule has 0 spiro atoms. The minimum Gasteiger partial charge on any atom is -0.490 e. The molecule has 1 aromatic heterocycles. The molecule has 0 saturated heterocycles. The van der Waals surface area contributed by atoms with Gasteiger partial charge in [0.2, 0.25) is 5.91 Å². The van der Waals surface area contributed by atoms with Gasteiger partial charge in [0.15, 0.2) is 0 Å². The van der Waals surface area contributed by atoms with Crippen molar-refractivity contribution in [3.05, 3.63) is 83.6 Å². The van der Waals surface area contributed by atoms with Crippen molar-refractivity contribution in [1.29, 1.82) is 0 Å². The quantitative estimate of drug-likeness (QED) is 0.555. The highest BCUT2D eigenvalue weighted by atomic mass is 35.5. The Morgan fingerprint density at radius 3 is 2.45 bits per heavy atom. The zero-order valence-corrected chi connectivity index (χ0v) is 17.5. The number of carbonyl (C=O) groups is 1. The molecule has 152 valence electrons. The number of nitrogens with zero attached hydrogens (tertiary/aromatic N) is 2. The fourth-order valence-corrected chi connectivity index (χ4v) is 3.17. The number of amides is 1. The number of para-hydroxylation sites is 2. The molecule has 1 N–H and O–H groups in total. The van der Waals surface area contributed by atoms with Crippen molar-refractivity contribution in [3.63, 3.8) is 0 Å². The third kappa shape index (κ3) is 6.11. The summed E-state index contributed by atoms with van der Waals surface area (Å²) in [6, 6.07) is 18.9. The van der Waals surface area contributed by atoms with Crippen LogP contribution in [0.5, 0.6) is 5.75 Å². The van der Waals surface area contributed by atoms with E-state index in [1.54, 1.807) is 0 Å². The van der Waals surface area contributed by atoms with Crippen LogP contribution >= 0.6 is 11.6 Å². The summed E-state index contributed by atoms with van der Waals surface area (Å²) in [5.74, 6) is 0.592. The van der Waals surface area contributed by atoms with E-state index >= 15 is 0 Å². The van der Waals surface area contributed by atoms with Crippen LogP contribution < -0.4 is 10.1 Å². The number of hydrogen-bond acceptors (Lipinski definition) is 3. The molecule has 0 aliphatic carbocycles. The molecule has 0 aliphatic rings. The molecule has 0 saturated carbocycles. The lowest BCUT2D eigenvalue weighted by Crippen LogP contribution is -2.21. The lowest BCUT2D eigenvalue weighted by Gasteiger charge is -2.20. The number of carbonyl (C=O) groups excluding carboxylic acids is 1. The van der Waals surface area contributed by atoms with E-state index in [1.165, 1.54) is 0 Å². The number of rotatable bonds is 9. The summed E-state index contributed by atoms with van der Waals surface area (Å²) in [6.07, 6.45) is 4.22. The van der Waals surface area contributed by atoms with E-state index < -0.39 is 0 Å². The zero-order valence-electron chi connectivity index (χ0n) is 16.7. The van der Waals surface area contributed by atoms with Crippen LogP contribution in [0, 0.1) is 0 Å². The van der Waals surface area contributed by atoms with Gasteiger partial charge in [0.1, 0.15) is 12.4 Å². The van der Waals surface area contributed by atoms with Gasteiger partial charge in [-0.05, 0) is 56.1 Å². The highest BCUT2D eigenvalue weighted by Crippen LogP contribution is 2.27. The van der Waals surface area contributed by atoms with Gasteiger partial charge in [0.25, 0.3) is 0 Å². The summed E-state index contributed by atoms with van der Waals surface area (Å²) >= 11 is 6.03. The molecule has 6 heteroatoms. The minimum absolute atomic E-state index is 0.0812. The number of ether oxygens (including phenoxy) is 1. The molecule has 1 amide bonds. The summed E-state index contributed by atoms with van der Waals surface area (Å²) < 4.78 is 7.88. The fraction of sp³-hybridized carbons (Fsp3) is 0.261. The first-order valence-electron chi connectivity index (χ1n) is 9.57. The van der Waals surface area contributed by atoms with E-state index in [1.807, 2.05) is 91.7 Å². The molecule has 0 bridgehead atoms. The van der Waals surface area contributed by atoms with Gasteiger partial charge in [-0.3, -0.25) is 4.79 Å². The number of nitrogens with one attached hydrogen (secondary N) is 1. The zero-order chi connectivity index (χ0) is 20.6. The summed E-state index contributed by atoms with van der Waals surface area (Å²) in [5.41, 5.74) is 1.70. The Balaban J connectivity index is 1.72. The number of hydrogen-bond donors (Lipinski definition) is 1. The lowest BCUT2D eigenvalue weighted by atomic mass is 10.0. The van der Waals surface area contributed by atoms with E-state index in [9.17, 15) is 4.79 Å². The Morgan fingerprint density at radius 1 is 1.07 bits per heavy atom. The minimum atomic E-state index is -0.121. The molecule has 1 unspecified atom stereocenters. The van der Waals surface area contributed by atoms with E-state index in [0.717, 1.165) is 12.1 Å². The molecule has 0 aliphatic heterocycles. The predicted octanol–water partition coefficient (Wildman–Crippen LogP) is 4.70. The van der Waals surface area contributed by atoms with Gasteiger partial charge in [0, 0.05) is 24.0 Å². The summed E-state index contributed by atoms with van der Waals surface area (Å²) in [6.45, 7) is 1.35. The van der Waals surface area contributed by atoms with Crippen molar-refractivity contribution in [2.24, 2.45) is 0 Å². The smallest absolute Gasteiger partial charge is 0.226 e. The van der Waals surface area contributed by atoms with Gasteiger partial charge >= 0.3 is 0 Å². The van der Waals surface area contributed by atoms with Gasteiger partial charge < -0.3 is 19.5 Å². The third-order valence-electron chi connectivity index (χ3n) is 4.58. The fourth-order valence-electron chi connectivity index (χ4n) is 3.05. The topological polar surface area (TPSA) is 46.5 Å². The van der Waals surface area contributed by atoms with Crippen LogP contribution in [0.2, 0.25) is 5.02 Å². The van der Waals surface area contributed by atoms with Crippen molar-refractivity contribution >= 4 is 23.2 Å². The second-order valence-electron chi connectivity index (χ2n) is 7.10. The van der Waals surface area contributed by atoms with E-state index in [4.69, 9.17) is 16.3 Å². The summed E-state index contributed by atoms with van der Waals surface area (Å²) in [5, 5.41) is 3.68. The first kappa shape index (κ1) is 21.0. The van der Waals surface area contributed by atoms with Crippen molar-refractivity contribution in [2.75, 3.05) is 32.6 Å². The molecule has 0 fully saturated rings. The number of anilines is 1. The molecule has 0 radical (unpaired) electrons. The molecule has 3 aromatic rings. The number of benzene rings is 2. The monoisotopic (exact) mass is 411 g/mol. The molecule has 29 heavy (non-hydrogen) atoms. The van der Waals surface area contributed by atoms with Crippen molar-refractivity contribution < 1.29 is 9.53 Å². The van der Waals surface area contributed by atoms with E-state index in [2.05, 4.69) is 10.2 Å². The summed E-state index contributed by atoms with van der Waals surface area (Å²) in [7, 11) is 3.99. The first-order chi connectivity index (χ1) is 14.0. The maximum atomic E-state index is 12.9. The van der Waals surface area contributed by atoms with Crippen LogP contribution in [0.25, 0.3) is 0 Å². The first-order valence-corrected chi connectivity index (χ1v) is 9.95. The third-order valence-corrected chi connectivity index (χ3v) is 4.83. The summed E-state index contributed by atoms with van der Waals surface area (Å²) in [4.78, 5) is 14.9. The largest absolute Gasteiger partial charge is 0.490 e. The van der Waals surface area contributed by atoms with Crippen LogP contribution in [0.3, 0.4) is 0 Å². The highest BCUT2D eigenvalue weighted by molar-refractivity contribution is 6.30. The molecule has 5 nitrogen and oxygen atoms in total. The van der Waals surface area contributed by atoms with Gasteiger partial charge in [-0.1, -0.05) is 35.9 Å². The van der Waals surface area contributed by atoms with E-state index in [-0.39, 0.29) is 11.9 Å². The van der Waals surface area contributed by atoms with Crippen LogP contribution in [0.15, 0.2) is 73.1 Å². The Kier molecular flexibility index (Phi) is 7.33. The van der Waals surface area contributed by atoms with Crippen molar-refractivity contribution in [2.45, 2.75) is 12.5 Å². The average Bonchev–Trinajstić information content (AvgIpc) is 3.22. The maximum Gasteiger partial charge on any atom is 0.226 e. The van der Waals surface area contributed by atoms with Gasteiger partial charge in [-0.25, -0.2) is 0 Å². The maximum absolute atomic E-state index is 12.9. The highest BCUT2D eigenvalue weighted by Gasteiger charge is 2.18. The van der Waals surface area contributed by atoms with Gasteiger partial charge in [0.05, 0.1) is 18.2 Å². The molecular formula is C23H26ClN3O2. The lowest BCUT2D eigenvalue weighted by molar-refractivity contribution is -0.116. The van der Waals surface area contributed by atoms with E-state index in [0.29, 0.717) is 29.5 Å². The molecular weight excluding hydrogens is 386 g/mol. The normalized spacial score (nSPS) is 12.0. The Morgan fingerprint density at radius 2 is 1.76 bits per heavy atom. The standard InChI is InChI=1S/C23H26ClN3O2/c1-26(2)15-16-29-22-8-4-3-7-20(22)25-23(28)17-21(27-13-5-6-14-27)18-9-11-19(24)12-10-18/h3-14,21H,15-17H2,1-2H3,(H,25,28).